The largest absolute Gasteiger partial charge is 0.462 e. The van der Waals surface area contributed by atoms with Crippen molar-refractivity contribution in [3.63, 3.8) is 0 Å². The van der Waals surface area contributed by atoms with Crippen molar-refractivity contribution in [1.82, 2.24) is 0 Å². The zero-order chi connectivity index (χ0) is 47.3. The molecule has 2 aliphatic carbocycles. The van der Waals surface area contributed by atoms with E-state index < -0.39 is 0 Å². The molecule has 2 atom stereocenters. The molecule has 2 unspecified atom stereocenters. The van der Waals surface area contributed by atoms with Crippen LogP contribution >= 0.6 is 0 Å². The Balaban J connectivity index is 1.23. The lowest BCUT2D eigenvalue weighted by atomic mass is 9.77. The molecule has 0 spiro atoms. The van der Waals surface area contributed by atoms with E-state index >= 15 is 0 Å². The third-order valence-corrected chi connectivity index (χ3v) is 16.0. The van der Waals surface area contributed by atoms with Crippen molar-refractivity contribution < 1.29 is 8.83 Å². The molecule has 2 nitrogen and oxygen atoms in total. The molecule has 2 radical (unpaired) electrons. The maximum absolute atomic E-state index is 6.52. The summed E-state index contributed by atoms with van der Waals surface area (Å²) in [7, 11) is 0.711. The van der Waals surface area contributed by atoms with E-state index in [4.69, 9.17) is 8.83 Å². The van der Waals surface area contributed by atoms with E-state index in [1.54, 1.807) is 0 Å². The van der Waals surface area contributed by atoms with E-state index in [-0.39, 0.29) is 33.5 Å². The fraction of sp³-hybridized carbons (Fsp3) is 0.419. The van der Waals surface area contributed by atoms with Gasteiger partial charge in [0.05, 0.1) is 0 Å². The maximum Gasteiger partial charge on any atom is 0.130 e. The molecule has 2 aliphatic rings. The molecular formula is C62H74O2Si. The average molecular weight is 879 g/mol. The predicted molar refractivity (Wildman–Crippen MR) is 281 cm³/mol. The van der Waals surface area contributed by atoms with Crippen LogP contribution < -0.4 is 0 Å². The quantitative estimate of drug-likeness (QED) is 0.142. The van der Waals surface area contributed by atoms with Gasteiger partial charge in [-0.15, -0.1) is 0 Å². The molecule has 0 N–H and O–H groups in total. The van der Waals surface area contributed by atoms with Crippen LogP contribution in [0.4, 0.5) is 0 Å². The number of hydrogen-bond acceptors (Lipinski definition) is 2. The fourth-order valence-electron chi connectivity index (χ4n) is 10.2. The Kier molecular flexibility index (Phi) is 11.8. The third kappa shape index (κ3) is 8.92. The normalized spacial score (nSPS) is 16.5. The van der Waals surface area contributed by atoms with E-state index in [9.17, 15) is 0 Å². The van der Waals surface area contributed by atoms with Gasteiger partial charge in [0.15, 0.2) is 0 Å². The first-order valence-electron chi connectivity index (χ1n) is 24.1. The number of furan rings is 2. The van der Waals surface area contributed by atoms with Crippen LogP contribution in [-0.4, -0.2) is 9.52 Å². The number of benzene rings is 4. The summed E-state index contributed by atoms with van der Waals surface area (Å²) in [6.07, 6.45) is 4.98. The number of hydrogen-bond donors (Lipinski definition) is 0. The van der Waals surface area contributed by atoms with Crippen molar-refractivity contribution in [3.8, 4) is 22.3 Å². The monoisotopic (exact) mass is 879 g/mol. The third-order valence-electron chi connectivity index (χ3n) is 14.6. The molecule has 0 saturated carbocycles. The number of aryl methyl sites for hydroxylation is 4. The van der Waals surface area contributed by atoms with Crippen LogP contribution in [0, 0.1) is 41.5 Å². The van der Waals surface area contributed by atoms with Crippen LogP contribution in [0.25, 0.3) is 45.6 Å². The fourth-order valence-corrected chi connectivity index (χ4v) is 11.8. The van der Waals surface area contributed by atoms with Crippen molar-refractivity contribution in [2.75, 3.05) is 0 Å². The van der Waals surface area contributed by atoms with Crippen LogP contribution in [-0.2, 0) is 21.7 Å². The van der Waals surface area contributed by atoms with E-state index in [1.807, 2.05) is 0 Å². The van der Waals surface area contributed by atoms with Crippen LogP contribution in [0.1, 0.15) is 185 Å². The van der Waals surface area contributed by atoms with E-state index in [0.29, 0.717) is 9.52 Å². The van der Waals surface area contributed by atoms with Gasteiger partial charge < -0.3 is 8.83 Å². The summed E-state index contributed by atoms with van der Waals surface area (Å²) < 4.78 is 13.0. The number of fused-ring (bicyclic) bond motifs is 2. The highest BCUT2D eigenvalue weighted by Crippen LogP contribution is 2.53. The maximum atomic E-state index is 6.52. The Hall–Kier alpha value is -4.86. The van der Waals surface area contributed by atoms with Crippen molar-refractivity contribution in [1.29, 1.82) is 0 Å². The van der Waals surface area contributed by atoms with Gasteiger partial charge in [-0.1, -0.05) is 132 Å². The Morgan fingerprint density at radius 3 is 1.03 bits per heavy atom. The van der Waals surface area contributed by atoms with Gasteiger partial charge in [0, 0.05) is 32.5 Å². The Labute approximate surface area is 394 Å². The van der Waals surface area contributed by atoms with Gasteiger partial charge in [-0.05, 0) is 201 Å². The molecule has 2 heterocycles. The van der Waals surface area contributed by atoms with Gasteiger partial charge in [-0.25, -0.2) is 0 Å². The summed E-state index contributed by atoms with van der Waals surface area (Å²) in [4.78, 5) is 0. The number of rotatable bonds is 8. The van der Waals surface area contributed by atoms with Crippen LogP contribution in [0.15, 0.2) is 81.6 Å². The summed E-state index contributed by atoms with van der Waals surface area (Å²) >= 11 is 0. The van der Waals surface area contributed by atoms with Gasteiger partial charge in [0.1, 0.15) is 23.0 Å². The average Bonchev–Trinajstić information content (AvgIpc) is 4.00. The molecule has 6 aromatic rings. The molecule has 338 valence electrons. The van der Waals surface area contributed by atoms with Crippen molar-refractivity contribution in [2.45, 2.75) is 170 Å². The van der Waals surface area contributed by atoms with E-state index in [1.165, 1.54) is 100 Å². The zero-order valence-electron chi connectivity index (χ0n) is 43.0. The Bertz CT molecular complexity index is 2630. The first kappa shape index (κ1) is 46.7. The predicted octanol–water partition coefficient (Wildman–Crippen LogP) is 17.8. The minimum absolute atomic E-state index is 0.0254. The van der Waals surface area contributed by atoms with Crippen molar-refractivity contribution >= 4 is 32.8 Å². The first-order chi connectivity index (χ1) is 30.2. The summed E-state index contributed by atoms with van der Waals surface area (Å²) in [5.74, 6) is 4.35. The molecule has 2 aromatic heterocycles. The highest BCUT2D eigenvalue weighted by atomic mass is 28.2. The number of allylic oxidation sites excluding steroid dienone is 2. The molecule has 0 saturated heterocycles. The Morgan fingerprint density at radius 1 is 0.431 bits per heavy atom. The first-order valence-corrected chi connectivity index (χ1v) is 25.5. The van der Waals surface area contributed by atoms with Crippen molar-refractivity contribution in [3.05, 3.63) is 163 Å². The van der Waals surface area contributed by atoms with Gasteiger partial charge >= 0.3 is 0 Å². The second-order valence-electron chi connectivity index (χ2n) is 23.8. The summed E-state index contributed by atoms with van der Waals surface area (Å²) in [5.41, 5.74) is 24.6. The summed E-state index contributed by atoms with van der Waals surface area (Å²) in [6.45, 7) is 41.5. The molecule has 4 aromatic carbocycles. The van der Waals surface area contributed by atoms with Crippen LogP contribution in [0.5, 0.6) is 0 Å². The van der Waals surface area contributed by atoms with Crippen LogP contribution in [0.2, 0.25) is 12.1 Å². The molecule has 0 aliphatic heterocycles. The zero-order valence-corrected chi connectivity index (χ0v) is 44.0. The lowest BCUT2D eigenvalue weighted by Gasteiger charge is -2.27. The SMILES string of the molecule is Cc1ccc(C2=Cc3c(cc(C)c(C)c3-c3cc(C(C)(C)C)cc(C(C)(C)C)c3)C2C[Si]CC2C(c3ccc(C)o3)=Cc3c2cc(C)c(C)c3-c2cc(C(C)(C)C)cc(C(C)(C)C)c2)o1. The van der Waals surface area contributed by atoms with Crippen LogP contribution in [0.3, 0.4) is 0 Å². The minimum atomic E-state index is 0.0254. The highest BCUT2D eigenvalue weighted by molar-refractivity contribution is 6.37. The molecule has 8 rings (SSSR count). The smallest absolute Gasteiger partial charge is 0.130 e. The molecule has 65 heavy (non-hydrogen) atoms. The van der Waals surface area contributed by atoms with Gasteiger partial charge in [0.2, 0.25) is 0 Å². The lowest BCUT2D eigenvalue weighted by molar-refractivity contribution is 0.518. The summed E-state index contributed by atoms with van der Waals surface area (Å²) in [5, 5.41) is 0. The second-order valence-corrected chi connectivity index (χ2v) is 25.1. The molecule has 0 amide bonds. The molecule has 0 bridgehead atoms. The minimum Gasteiger partial charge on any atom is -0.462 e. The molecule has 3 heteroatoms. The Morgan fingerprint density at radius 2 is 0.754 bits per heavy atom. The van der Waals surface area contributed by atoms with E-state index in [2.05, 4.69) is 210 Å². The van der Waals surface area contributed by atoms with Gasteiger partial charge in [0.25, 0.3) is 0 Å². The van der Waals surface area contributed by atoms with Gasteiger partial charge in [-0.3, -0.25) is 0 Å². The molecular weight excluding hydrogens is 805 g/mol. The van der Waals surface area contributed by atoms with E-state index in [0.717, 1.165) is 35.1 Å². The standard InChI is InChI=1S/C62H74O2Si/c1-35-23-47-51(57(39(35)5)41-25-43(59(7,8)9)29-44(26-41)60(10,11)12)31-49(55-21-19-37(3)63-55)53(47)33-65-34-54-48-24-36(2)40(6)58(52(48)32-50(54)56-22-20-38(4)64-56)42-27-45(61(13,14)15)30-46(28-42)62(16,17)18/h19-32,53-54H,33-34H2,1-18H3. The van der Waals surface area contributed by atoms with Crippen molar-refractivity contribution in [2.24, 2.45) is 0 Å². The summed E-state index contributed by atoms with van der Waals surface area (Å²) in [6, 6.07) is 30.5. The lowest BCUT2D eigenvalue weighted by Crippen LogP contribution is -2.16. The molecule has 0 fully saturated rings. The van der Waals surface area contributed by atoms with Gasteiger partial charge in [-0.2, -0.15) is 0 Å². The topological polar surface area (TPSA) is 26.3 Å². The highest BCUT2D eigenvalue weighted by Gasteiger charge is 2.35. The second kappa shape index (κ2) is 16.5.